The Morgan fingerprint density at radius 2 is 1.71 bits per heavy atom. The molecule has 0 aromatic carbocycles. The minimum atomic E-state index is -1.13. The lowest BCUT2D eigenvalue weighted by Gasteiger charge is -2.46. The van der Waals surface area contributed by atoms with E-state index in [0.717, 1.165) is 0 Å². The van der Waals surface area contributed by atoms with E-state index in [1.54, 1.807) is 4.90 Å². The normalized spacial score (nSPS) is 50.1. The zero-order chi connectivity index (χ0) is 10.3. The fourth-order valence-electron chi connectivity index (χ4n) is 2.03. The quantitative estimate of drug-likeness (QED) is 0.339. The highest BCUT2D eigenvalue weighted by molar-refractivity contribution is 4.95. The van der Waals surface area contributed by atoms with E-state index in [2.05, 4.69) is 0 Å². The topological polar surface area (TPSA) is 93.4 Å². The molecule has 2 fully saturated rings. The van der Waals surface area contributed by atoms with Crippen molar-refractivity contribution < 1.29 is 25.2 Å². The van der Waals surface area contributed by atoms with E-state index in [0.29, 0.717) is 0 Å². The Balaban J connectivity index is 2.07. The summed E-state index contributed by atoms with van der Waals surface area (Å²) < 4.78 is 4.96. The van der Waals surface area contributed by atoms with Crippen molar-refractivity contribution in [3.05, 3.63) is 0 Å². The summed E-state index contributed by atoms with van der Waals surface area (Å²) in [6, 6.07) is -0.336. The van der Waals surface area contributed by atoms with E-state index in [1.165, 1.54) is 0 Å². The van der Waals surface area contributed by atoms with E-state index in [4.69, 9.17) is 4.74 Å². The molecule has 82 valence electrons. The Bertz CT molecular complexity index is 214. The van der Waals surface area contributed by atoms with Gasteiger partial charge in [-0.15, -0.1) is 0 Å². The molecule has 0 aliphatic carbocycles. The van der Waals surface area contributed by atoms with Crippen molar-refractivity contribution in [2.75, 3.05) is 19.7 Å². The van der Waals surface area contributed by atoms with Gasteiger partial charge in [-0.2, -0.15) is 0 Å². The number of morpholine rings is 1. The SMILES string of the molecule is OC1CN2C[C@H](O)[C@@H](O)[C@H](O)[C@H]2CO1. The molecule has 6 heteroatoms. The third kappa shape index (κ3) is 1.65. The third-order valence-corrected chi connectivity index (χ3v) is 2.88. The molecule has 0 aromatic rings. The average molecular weight is 205 g/mol. The van der Waals surface area contributed by atoms with Gasteiger partial charge in [0.1, 0.15) is 12.2 Å². The van der Waals surface area contributed by atoms with Crippen LogP contribution in [0.3, 0.4) is 0 Å². The van der Waals surface area contributed by atoms with Crippen LogP contribution in [0.15, 0.2) is 0 Å². The summed E-state index contributed by atoms with van der Waals surface area (Å²) in [4.78, 5) is 1.73. The molecular formula is C8H15NO5. The van der Waals surface area contributed by atoms with Gasteiger partial charge in [0.25, 0.3) is 0 Å². The second kappa shape index (κ2) is 3.73. The van der Waals surface area contributed by atoms with Crippen molar-refractivity contribution in [3.8, 4) is 0 Å². The maximum Gasteiger partial charge on any atom is 0.167 e. The van der Waals surface area contributed by atoms with Gasteiger partial charge >= 0.3 is 0 Å². The number of rotatable bonds is 0. The first-order valence-electron chi connectivity index (χ1n) is 4.67. The Kier molecular flexibility index (Phi) is 2.74. The van der Waals surface area contributed by atoms with Crippen LogP contribution in [0.25, 0.3) is 0 Å². The molecule has 2 aliphatic rings. The fourth-order valence-corrected chi connectivity index (χ4v) is 2.03. The van der Waals surface area contributed by atoms with Crippen LogP contribution in [0.5, 0.6) is 0 Å². The van der Waals surface area contributed by atoms with E-state index in [-0.39, 0.29) is 25.7 Å². The van der Waals surface area contributed by atoms with Gasteiger partial charge in [-0.1, -0.05) is 0 Å². The molecule has 2 heterocycles. The predicted octanol–water partition coefficient (Wildman–Crippen LogP) is -2.90. The summed E-state index contributed by atoms with van der Waals surface area (Å²) in [7, 11) is 0. The number of piperidine rings is 1. The smallest absolute Gasteiger partial charge is 0.167 e. The van der Waals surface area contributed by atoms with E-state index in [9.17, 15) is 20.4 Å². The van der Waals surface area contributed by atoms with Crippen LogP contribution in [0.1, 0.15) is 0 Å². The molecule has 0 bridgehead atoms. The van der Waals surface area contributed by atoms with Gasteiger partial charge in [-0.25, -0.2) is 0 Å². The Hall–Kier alpha value is -0.240. The van der Waals surface area contributed by atoms with Crippen LogP contribution < -0.4 is 0 Å². The van der Waals surface area contributed by atoms with Crippen LogP contribution in [0.4, 0.5) is 0 Å². The standard InChI is InChI=1S/C8H15NO5/c10-5-1-9-2-6(11)14-3-4(9)7(12)8(5)13/h4-8,10-13H,1-3H2/t4-,5+,6?,7-,8-/m1/s1. The third-order valence-electron chi connectivity index (χ3n) is 2.88. The Labute approximate surface area is 81.3 Å². The van der Waals surface area contributed by atoms with E-state index >= 15 is 0 Å². The summed E-state index contributed by atoms with van der Waals surface area (Å²) in [6.45, 7) is 0.681. The van der Waals surface area contributed by atoms with E-state index in [1.807, 2.05) is 0 Å². The highest BCUT2D eigenvalue weighted by Gasteiger charge is 2.44. The Morgan fingerprint density at radius 3 is 2.43 bits per heavy atom. The number of ether oxygens (including phenoxy) is 1. The van der Waals surface area contributed by atoms with Gasteiger partial charge < -0.3 is 25.2 Å². The highest BCUT2D eigenvalue weighted by atomic mass is 16.6. The first-order valence-corrected chi connectivity index (χ1v) is 4.67. The summed E-state index contributed by atoms with van der Waals surface area (Å²) in [5.41, 5.74) is 0. The van der Waals surface area contributed by atoms with Crippen LogP contribution in [-0.2, 0) is 4.74 Å². The predicted molar refractivity (Wildman–Crippen MR) is 45.3 cm³/mol. The number of fused-ring (bicyclic) bond motifs is 1. The van der Waals surface area contributed by atoms with Gasteiger partial charge in [-0.05, 0) is 0 Å². The number of aliphatic hydroxyl groups is 4. The highest BCUT2D eigenvalue weighted by Crippen LogP contribution is 2.22. The summed E-state index contributed by atoms with van der Waals surface area (Å²) in [6.07, 6.45) is -3.99. The molecule has 1 unspecified atom stereocenters. The minimum Gasteiger partial charge on any atom is -0.389 e. The lowest BCUT2D eigenvalue weighted by atomic mass is 9.93. The van der Waals surface area contributed by atoms with Crippen molar-refractivity contribution in [1.29, 1.82) is 0 Å². The van der Waals surface area contributed by atoms with Gasteiger partial charge in [0.05, 0.1) is 18.8 Å². The van der Waals surface area contributed by atoms with Crippen LogP contribution in [-0.4, -0.2) is 75.7 Å². The van der Waals surface area contributed by atoms with Crippen molar-refractivity contribution >= 4 is 0 Å². The average Bonchev–Trinajstić information content (AvgIpc) is 2.14. The molecule has 6 nitrogen and oxygen atoms in total. The van der Waals surface area contributed by atoms with Crippen molar-refractivity contribution in [3.63, 3.8) is 0 Å². The fraction of sp³-hybridized carbons (Fsp3) is 1.00. The first kappa shape index (κ1) is 10.3. The maximum atomic E-state index is 9.62. The number of hydrogen-bond acceptors (Lipinski definition) is 6. The molecule has 0 saturated carbocycles. The van der Waals surface area contributed by atoms with Gasteiger partial charge in [-0.3, -0.25) is 4.90 Å². The lowest BCUT2D eigenvalue weighted by molar-refractivity contribution is -0.221. The zero-order valence-corrected chi connectivity index (χ0v) is 7.65. The van der Waals surface area contributed by atoms with Crippen LogP contribution in [0.2, 0.25) is 0 Å². The van der Waals surface area contributed by atoms with Crippen molar-refractivity contribution in [2.45, 2.75) is 30.6 Å². The Morgan fingerprint density at radius 1 is 1.00 bits per heavy atom. The molecule has 2 saturated heterocycles. The minimum absolute atomic E-state index is 0.173. The van der Waals surface area contributed by atoms with Crippen molar-refractivity contribution in [1.82, 2.24) is 4.90 Å². The first-order chi connectivity index (χ1) is 6.59. The largest absolute Gasteiger partial charge is 0.389 e. The molecular weight excluding hydrogens is 190 g/mol. The molecule has 5 atom stereocenters. The molecule has 0 amide bonds. The maximum absolute atomic E-state index is 9.62. The number of nitrogens with zero attached hydrogens (tertiary/aromatic N) is 1. The van der Waals surface area contributed by atoms with Gasteiger partial charge in [0.2, 0.25) is 0 Å². The zero-order valence-electron chi connectivity index (χ0n) is 7.65. The monoisotopic (exact) mass is 205 g/mol. The van der Waals surface area contributed by atoms with Crippen molar-refractivity contribution in [2.24, 2.45) is 0 Å². The number of aliphatic hydroxyl groups excluding tert-OH is 4. The molecule has 14 heavy (non-hydrogen) atoms. The summed E-state index contributed by atoms with van der Waals surface area (Å²) in [5.74, 6) is 0. The molecule has 2 aliphatic heterocycles. The summed E-state index contributed by atoms with van der Waals surface area (Å²) >= 11 is 0. The van der Waals surface area contributed by atoms with Crippen LogP contribution >= 0.6 is 0 Å². The lowest BCUT2D eigenvalue weighted by Crippen LogP contribution is -2.66. The van der Waals surface area contributed by atoms with Crippen LogP contribution in [0, 0.1) is 0 Å². The second-order valence-corrected chi connectivity index (χ2v) is 3.86. The second-order valence-electron chi connectivity index (χ2n) is 3.86. The molecule has 0 spiro atoms. The molecule has 4 N–H and O–H groups in total. The molecule has 0 radical (unpaired) electrons. The molecule has 0 aromatic heterocycles. The molecule has 2 rings (SSSR count). The number of hydrogen-bond donors (Lipinski definition) is 4. The van der Waals surface area contributed by atoms with E-state index < -0.39 is 24.6 Å². The summed E-state index contributed by atoms with van der Waals surface area (Å²) in [5, 5.41) is 37.6. The van der Waals surface area contributed by atoms with Gasteiger partial charge in [0.15, 0.2) is 6.29 Å². The van der Waals surface area contributed by atoms with Gasteiger partial charge in [0, 0.05) is 13.1 Å².